The number of benzene rings is 1. The number of hydrogen-bond acceptors (Lipinski definition) is 1. The molecule has 1 heteroatoms. The normalized spacial score (nSPS) is 10.6. The van der Waals surface area contributed by atoms with Crippen LogP contribution in [0.4, 0.5) is 0 Å². The van der Waals surface area contributed by atoms with Crippen LogP contribution in [0.3, 0.4) is 0 Å². The van der Waals surface area contributed by atoms with E-state index in [0.29, 0.717) is 0 Å². The van der Waals surface area contributed by atoms with Crippen LogP contribution >= 0.6 is 11.3 Å². The van der Waals surface area contributed by atoms with Crippen LogP contribution in [0.5, 0.6) is 0 Å². The minimum atomic E-state index is 1.10. The van der Waals surface area contributed by atoms with Gasteiger partial charge in [0.15, 0.2) is 0 Å². The number of aryl methyl sites for hydroxylation is 1. The maximum atomic E-state index is 3.28. The summed E-state index contributed by atoms with van der Waals surface area (Å²) in [6.07, 6.45) is 1.10. The fraction of sp³-hybridized carbons (Fsp3) is 0.200. The van der Waals surface area contributed by atoms with Gasteiger partial charge in [0.1, 0.15) is 0 Å². The molecular formula is C10H9S. The molecule has 1 aromatic heterocycles. The van der Waals surface area contributed by atoms with Crippen molar-refractivity contribution in [1.82, 2.24) is 0 Å². The van der Waals surface area contributed by atoms with Crippen LogP contribution in [0.25, 0.3) is 10.8 Å². The molecule has 0 spiro atoms. The number of thiophene rings is 1. The smallest absolute Gasteiger partial charge is 0.0530 e. The highest BCUT2D eigenvalue weighted by Gasteiger charge is 1.98. The van der Waals surface area contributed by atoms with Gasteiger partial charge in [-0.1, -0.05) is 25.1 Å². The van der Waals surface area contributed by atoms with Gasteiger partial charge >= 0.3 is 0 Å². The van der Waals surface area contributed by atoms with Gasteiger partial charge in [-0.15, -0.1) is 11.3 Å². The van der Waals surface area contributed by atoms with Crippen molar-refractivity contribution in [1.29, 1.82) is 0 Å². The van der Waals surface area contributed by atoms with Crippen LogP contribution in [-0.2, 0) is 6.42 Å². The number of hydrogen-bond donors (Lipinski definition) is 0. The molecule has 2 aromatic rings. The Morgan fingerprint density at radius 3 is 3.18 bits per heavy atom. The lowest BCUT2D eigenvalue weighted by molar-refractivity contribution is 1.16. The van der Waals surface area contributed by atoms with Crippen LogP contribution in [0.2, 0.25) is 0 Å². The highest BCUT2D eigenvalue weighted by molar-refractivity contribution is 7.08. The van der Waals surface area contributed by atoms with E-state index < -0.39 is 0 Å². The fourth-order valence-electron chi connectivity index (χ4n) is 1.29. The van der Waals surface area contributed by atoms with E-state index in [1.165, 1.54) is 16.3 Å². The molecule has 0 saturated heterocycles. The van der Waals surface area contributed by atoms with E-state index in [1.807, 2.05) is 0 Å². The topological polar surface area (TPSA) is 0 Å². The predicted molar refractivity (Wildman–Crippen MR) is 50.0 cm³/mol. The van der Waals surface area contributed by atoms with E-state index in [-0.39, 0.29) is 0 Å². The van der Waals surface area contributed by atoms with E-state index in [9.17, 15) is 0 Å². The van der Waals surface area contributed by atoms with Crippen molar-refractivity contribution in [3.05, 3.63) is 34.5 Å². The molecule has 2 rings (SSSR count). The third-order valence-electron chi connectivity index (χ3n) is 1.91. The summed E-state index contributed by atoms with van der Waals surface area (Å²) in [4.78, 5) is 0. The molecular weight excluding hydrogens is 152 g/mol. The molecule has 0 nitrogen and oxygen atoms in total. The Morgan fingerprint density at radius 1 is 1.45 bits per heavy atom. The van der Waals surface area contributed by atoms with E-state index in [4.69, 9.17) is 0 Å². The van der Waals surface area contributed by atoms with Crippen LogP contribution in [-0.4, -0.2) is 0 Å². The van der Waals surface area contributed by atoms with Crippen molar-refractivity contribution in [2.24, 2.45) is 0 Å². The first kappa shape index (κ1) is 6.86. The summed E-state index contributed by atoms with van der Waals surface area (Å²) in [7, 11) is 0. The molecule has 11 heavy (non-hydrogen) atoms. The van der Waals surface area contributed by atoms with E-state index in [2.05, 4.69) is 35.9 Å². The Kier molecular flexibility index (Phi) is 1.66. The highest BCUT2D eigenvalue weighted by atomic mass is 32.1. The molecule has 1 radical (unpaired) electrons. The van der Waals surface area contributed by atoms with E-state index >= 15 is 0 Å². The van der Waals surface area contributed by atoms with Crippen molar-refractivity contribution in [3.8, 4) is 0 Å². The fourth-order valence-corrected chi connectivity index (χ4v) is 2.04. The van der Waals surface area contributed by atoms with Gasteiger partial charge in [-0.2, -0.15) is 0 Å². The van der Waals surface area contributed by atoms with Crippen LogP contribution in [0, 0.1) is 5.38 Å². The van der Waals surface area contributed by atoms with Crippen LogP contribution < -0.4 is 0 Å². The molecule has 0 aliphatic carbocycles. The highest BCUT2D eigenvalue weighted by Crippen LogP contribution is 2.22. The molecule has 1 heterocycles. The van der Waals surface area contributed by atoms with Gasteiger partial charge < -0.3 is 0 Å². The van der Waals surface area contributed by atoms with Gasteiger partial charge in [0.25, 0.3) is 0 Å². The molecule has 1 aromatic carbocycles. The number of rotatable bonds is 1. The molecule has 0 saturated carbocycles. The summed E-state index contributed by atoms with van der Waals surface area (Å²) in [5, 5.41) is 8.06. The second-order valence-electron chi connectivity index (χ2n) is 2.57. The van der Waals surface area contributed by atoms with Crippen molar-refractivity contribution < 1.29 is 0 Å². The summed E-state index contributed by atoms with van der Waals surface area (Å²) in [5.41, 5.74) is 1.41. The zero-order valence-electron chi connectivity index (χ0n) is 6.42. The Balaban J connectivity index is 2.79. The molecule has 0 amide bonds. The first-order valence-electron chi connectivity index (χ1n) is 3.78. The lowest BCUT2D eigenvalue weighted by atomic mass is 10.1. The predicted octanol–water partition coefficient (Wildman–Crippen LogP) is 3.26. The summed E-state index contributed by atoms with van der Waals surface area (Å²) >= 11 is 1.66. The SMILES string of the molecule is CCc1cccc2cs[c]c12. The molecule has 0 bridgehead atoms. The Bertz CT molecular complexity index is 360. The summed E-state index contributed by atoms with van der Waals surface area (Å²) in [6.45, 7) is 2.18. The quantitative estimate of drug-likeness (QED) is 0.602. The maximum Gasteiger partial charge on any atom is 0.0530 e. The molecule has 0 fully saturated rings. The summed E-state index contributed by atoms with van der Waals surface area (Å²) in [5.74, 6) is 0. The maximum absolute atomic E-state index is 3.28. The molecule has 0 aliphatic heterocycles. The van der Waals surface area contributed by atoms with Crippen molar-refractivity contribution in [3.63, 3.8) is 0 Å². The third-order valence-corrected chi connectivity index (χ3v) is 2.60. The van der Waals surface area contributed by atoms with Crippen molar-refractivity contribution in [2.75, 3.05) is 0 Å². The Labute approximate surface area is 70.5 Å². The van der Waals surface area contributed by atoms with Gasteiger partial charge in [-0.3, -0.25) is 0 Å². The van der Waals surface area contributed by atoms with Crippen molar-refractivity contribution >= 4 is 22.1 Å². The zero-order chi connectivity index (χ0) is 7.68. The lowest BCUT2D eigenvalue weighted by Gasteiger charge is -1.96. The van der Waals surface area contributed by atoms with Crippen LogP contribution in [0.1, 0.15) is 12.5 Å². The molecule has 0 atom stereocenters. The second kappa shape index (κ2) is 2.67. The minimum absolute atomic E-state index is 1.10. The van der Waals surface area contributed by atoms with E-state index in [0.717, 1.165) is 6.42 Å². The van der Waals surface area contributed by atoms with Gasteiger partial charge in [0, 0.05) is 5.39 Å². The molecule has 0 unspecified atom stereocenters. The standard InChI is InChI=1S/C10H9S/c1-2-8-4-3-5-9-6-11-7-10(8)9/h3-6H,2H2,1H3. The zero-order valence-corrected chi connectivity index (χ0v) is 7.24. The minimum Gasteiger partial charge on any atom is -0.142 e. The van der Waals surface area contributed by atoms with Gasteiger partial charge in [0.2, 0.25) is 0 Å². The summed E-state index contributed by atoms with van der Waals surface area (Å²) in [6, 6.07) is 6.43. The van der Waals surface area contributed by atoms with Crippen LogP contribution in [0.15, 0.2) is 23.6 Å². The van der Waals surface area contributed by atoms with Gasteiger partial charge in [-0.05, 0) is 22.8 Å². The third kappa shape index (κ3) is 1.05. The van der Waals surface area contributed by atoms with Gasteiger partial charge in [0.05, 0.1) is 5.38 Å². The largest absolute Gasteiger partial charge is 0.142 e. The Hall–Kier alpha value is -0.820. The summed E-state index contributed by atoms with van der Waals surface area (Å²) < 4.78 is 0. The monoisotopic (exact) mass is 161 g/mol. The molecule has 55 valence electrons. The number of fused-ring (bicyclic) bond motifs is 1. The Morgan fingerprint density at radius 2 is 2.36 bits per heavy atom. The molecule has 0 N–H and O–H groups in total. The van der Waals surface area contributed by atoms with E-state index in [1.54, 1.807) is 11.3 Å². The first-order valence-corrected chi connectivity index (χ1v) is 4.66. The lowest BCUT2D eigenvalue weighted by Crippen LogP contribution is -1.78. The first-order chi connectivity index (χ1) is 5.42. The van der Waals surface area contributed by atoms with Gasteiger partial charge in [-0.25, -0.2) is 0 Å². The second-order valence-corrected chi connectivity index (χ2v) is 3.25. The molecule has 0 aliphatic rings. The average Bonchev–Trinajstić information content (AvgIpc) is 2.50. The average molecular weight is 161 g/mol. The van der Waals surface area contributed by atoms with Crippen molar-refractivity contribution in [2.45, 2.75) is 13.3 Å².